The maximum atomic E-state index is 13.1. The van der Waals surface area contributed by atoms with Gasteiger partial charge in [0.2, 0.25) is 5.78 Å². The summed E-state index contributed by atoms with van der Waals surface area (Å²) in [5.41, 5.74) is 2.87. The smallest absolute Gasteiger partial charge is 0.291 e. The van der Waals surface area contributed by atoms with Crippen LogP contribution in [-0.4, -0.2) is 37.7 Å². The number of carbonyl (C=O) groups is 2. The molecular weight excluding hydrogens is 376 g/mol. The Morgan fingerprint density at radius 1 is 0.967 bits per heavy atom. The number of para-hydroxylation sites is 1. The van der Waals surface area contributed by atoms with Gasteiger partial charge in [0.05, 0.1) is 18.3 Å². The largest absolute Gasteiger partial charge is 0.361 e. The lowest BCUT2D eigenvalue weighted by molar-refractivity contribution is -0.140. The first kappa shape index (κ1) is 18.4. The third-order valence-electron chi connectivity index (χ3n) is 5.88. The lowest BCUT2D eigenvalue weighted by Gasteiger charge is -2.27. The number of benzene rings is 2. The Balaban J connectivity index is 1.54. The molecule has 0 bridgehead atoms. The predicted molar refractivity (Wildman–Crippen MR) is 114 cm³/mol. The topological polar surface area (TPSA) is 71.0 Å². The number of H-pyrrole nitrogens is 1. The second kappa shape index (κ2) is 7.63. The SMILES string of the molecule is O=C1C(=O)N(CCCn2ccnc2)C(c2c[nH]c3ccccc23)C1c1ccccc1. The van der Waals surface area contributed by atoms with E-state index in [9.17, 15) is 9.59 Å². The Labute approximate surface area is 174 Å². The van der Waals surface area contributed by atoms with E-state index in [4.69, 9.17) is 0 Å². The molecule has 1 amide bonds. The molecule has 6 heteroatoms. The van der Waals surface area contributed by atoms with Crippen LogP contribution in [-0.2, 0) is 16.1 Å². The summed E-state index contributed by atoms with van der Waals surface area (Å²) in [7, 11) is 0. The number of aryl methyl sites for hydroxylation is 1. The fourth-order valence-corrected chi connectivity index (χ4v) is 4.49. The van der Waals surface area contributed by atoms with Crippen molar-refractivity contribution in [3.8, 4) is 0 Å². The molecule has 30 heavy (non-hydrogen) atoms. The van der Waals surface area contributed by atoms with Gasteiger partial charge in [-0.15, -0.1) is 0 Å². The average molecular weight is 398 g/mol. The van der Waals surface area contributed by atoms with Crippen LogP contribution >= 0.6 is 0 Å². The number of rotatable bonds is 6. The van der Waals surface area contributed by atoms with E-state index in [0.29, 0.717) is 6.54 Å². The second-order valence-electron chi connectivity index (χ2n) is 7.64. The molecular formula is C24H22N4O2. The van der Waals surface area contributed by atoms with Crippen LogP contribution in [0.2, 0.25) is 0 Å². The minimum atomic E-state index is -0.508. The van der Waals surface area contributed by atoms with Crippen LogP contribution in [0.25, 0.3) is 10.9 Å². The molecule has 1 aliphatic rings. The summed E-state index contributed by atoms with van der Waals surface area (Å²) in [6.45, 7) is 1.25. The number of aromatic nitrogens is 3. The highest BCUT2D eigenvalue weighted by molar-refractivity contribution is 6.40. The quantitative estimate of drug-likeness (QED) is 0.504. The normalized spacial score (nSPS) is 19.1. The number of ketones is 1. The molecule has 0 spiro atoms. The van der Waals surface area contributed by atoms with E-state index >= 15 is 0 Å². The molecule has 2 aromatic heterocycles. The maximum Gasteiger partial charge on any atom is 0.291 e. The third-order valence-corrected chi connectivity index (χ3v) is 5.88. The van der Waals surface area contributed by atoms with E-state index < -0.39 is 11.8 Å². The molecule has 1 saturated heterocycles. The number of hydrogen-bond donors (Lipinski definition) is 1. The zero-order valence-corrected chi connectivity index (χ0v) is 16.4. The molecule has 4 aromatic rings. The monoisotopic (exact) mass is 398 g/mol. The molecule has 6 nitrogen and oxygen atoms in total. The number of hydrogen-bond acceptors (Lipinski definition) is 3. The number of nitrogens with one attached hydrogen (secondary N) is 1. The van der Waals surface area contributed by atoms with Gasteiger partial charge in [-0.3, -0.25) is 9.59 Å². The van der Waals surface area contributed by atoms with Crippen molar-refractivity contribution in [2.75, 3.05) is 6.54 Å². The van der Waals surface area contributed by atoms with Gasteiger partial charge in [-0.05, 0) is 18.1 Å². The molecule has 1 fully saturated rings. The van der Waals surface area contributed by atoms with E-state index in [1.807, 2.05) is 71.6 Å². The van der Waals surface area contributed by atoms with Gasteiger partial charge in [-0.25, -0.2) is 4.98 Å². The van der Waals surface area contributed by atoms with Gasteiger partial charge in [-0.2, -0.15) is 0 Å². The number of amides is 1. The summed E-state index contributed by atoms with van der Waals surface area (Å²) >= 11 is 0. The van der Waals surface area contributed by atoms with Gasteiger partial charge in [0.15, 0.2) is 0 Å². The highest BCUT2D eigenvalue weighted by atomic mass is 16.2. The van der Waals surface area contributed by atoms with Gasteiger partial charge in [0.1, 0.15) is 0 Å². The third kappa shape index (κ3) is 3.10. The van der Waals surface area contributed by atoms with Crippen molar-refractivity contribution in [1.82, 2.24) is 19.4 Å². The van der Waals surface area contributed by atoms with Crippen molar-refractivity contribution in [1.29, 1.82) is 0 Å². The van der Waals surface area contributed by atoms with Gasteiger partial charge in [0.25, 0.3) is 5.91 Å². The fraction of sp³-hybridized carbons (Fsp3) is 0.208. The minimum absolute atomic E-state index is 0.327. The summed E-state index contributed by atoms with van der Waals surface area (Å²) < 4.78 is 1.98. The number of imidazole rings is 1. The van der Waals surface area contributed by atoms with Crippen LogP contribution in [0.5, 0.6) is 0 Å². The Kier molecular flexibility index (Phi) is 4.67. The number of Topliss-reactive ketones (excluding diaryl/α,β-unsaturated/α-hetero) is 1. The Morgan fingerprint density at radius 2 is 1.77 bits per heavy atom. The summed E-state index contributed by atoms with van der Waals surface area (Å²) in [5.74, 6) is -1.24. The first-order chi connectivity index (χ1) is 14.7. The number of likely N-dealkylation sites (tertiary alicyclic amines) is 1. The summed E-state index contributed by atoms with van der Waals surface area (Å²) in [5, 5.41) is 1.05. The molecule has 3 heterocycles. The number of carbonyl (C=O) groups excluding carboxylic acids is 2. The Morgan fingerprint density at radius 3 is 2.57 bits per heavy atom. The lowest BCUT2D eigenvalue weighted by Crippen LogP contribution is -2.31. The number of aromatic amines is 1. The zero-order valence-electron chi connectivity index (χ0n) is 16.4. The molecule has 0 saturated carbocycles. The van der Waals surface area contributed by atoms with Crippen molar-refractivity contribution in [2.45, 2.75) is 24.9 Å². The lowest BCUT2D eigenvalue weighted by atomic mass is 9.86. The van der Waals surface area contributed by atoms with Crippen molar-refractivity contribution in [3.63, 3.8) is 0 Å². The van der Waals surface area contributed by atoms with Crippen molar-refractivity contribution >= 4 is 22.6 Å². The van der Waals surface area contributed by atoms with Crippen molar-refractivity contribution in [2.24, 2.45) is 0 Å². The maximum absolute atomic E-state index is 13.1. The molecule has 0 aliphatic carbocycles. The first-order valence-electron chi connectivity index (χ1n) is 10.2. The number of fused-ring (bicyclic) bond motifs is 1. The minimum Gasteiger partial charge on any atom is -0.361 e. The molecule has 5 rings (SSSR count). The van der Waals surface area contributed by atoms with E-state index in [2.05, 4.69) is 9.97 Å². The van der Waals surface area contributed by atoms with E-state index in [1.54, 1.807) is 17.4 Å². The molecule has 2 atom stereocenters. The highest BCUT2D eigenvalue weighted by Crippen LogP contribution is 2.44. The van der Waals surface area contributed by atoms with Gasteiger partial charge in [0, 0.05) is 48.1 Å². The van der Waals surface area contributed by atoms with Crippen LogP contribution in [0.1, 0.15) is 29.5 Å². The fourth-order valence-electron chi connectivity index (χ4n) is 4.49. The van der Waals surface area contributed by atoms with Gasteiger partial charge in [-0.1, -0.05) is 48.5 Å². The zero-order chi connectivity index (χ0) is 20.5. The Bertz CT molecular complexity index is 1180. The molecule has 0 radical (unpaired) electrons. The van der Waals surface area contributed by atoms with Crippen LogP contribution < -0.4 is 0 Å². The summed E-state index contributed by atoms with van der Waals surface area (Å²) in [4.78, 5) is 35.3. The number of nitrogens with zero attached hydrogens (tertiary/aromatic N) is 3. The van der Waals surface area contributed by atoms with Gasteiger partial charge >= 0.3 is 0 Å². The standard InChI is InChI=1S/C24H22N4O2/c29-23-21(17-7-2-1-3-8-17)22(19-15-26-20-10-5-4-9-18(19)20)28(24(23)30)13-6-12-27-14-11-25-16-27/h1-5,7-11,14-16,21-22,26H,6,12-13H2. The van der Waals surface area contributed by atoms with Crippen LogP contribution in [0.3, 0.4) is 0 Å². The van der Waals surface area contributed by atoms with Crippen molar-refractivity contribution < 1.29 is 9.59 Å². The predicted octanol–water partition coefficient (Wildman–Crippen LogP) is 3.69. The van der Waals surface area contributed by atoms with Crippen LogP contribution in [0.4, 0.5) is 0 Å². The van der Waals surface area contributed by atoms with E-state index in [1.165, 1.54) is 0 Å². The molecule has 2 aromatic carbocycles. The van der Waals surface area contributed by atoms with Crippen LogP contribution in [0.15, 0.2) is 79.5 Å². The summed E-state index contributed by atoms with van der Waals surface area (Å²) in [6.07, 6.45) is 8.10. The van der Waals surface area contributed by atoms with E-state index in [-0.39, 0.29) is 11.8 Å². The average Bonchev–Trinajstić information content (AvgIpc) is 3.49. The summed E-state index contributed by atoms with van der Waals surface area (Å²) in [6, 6.07) is 17.3. The van der Waals surface area contributed by atoms with E-state index in [0.717, 1.165) is 35.0 Å². The molecule has 1 N–H and O–H groups in total. The molecule has 150 valence electrons. The van der Waals surface area contributed by atoms with Gasteiger partial charge < -0.3 is 14.5 Å². The second-order valence-corrected chi connectivity index (χ2v) is 7.64. The first-order valence-corrected chi connectivity index (χ1v) is 10.2. The van der Waals surface area contributed by atoms with Crippen molar-refractivity contribution in [3.05, 3.63) is 90.6 Å². The molecule has 1 aliphatic heterocycles. The Hall–Kier alpha value is -3.67. The highest BCUT2D eigenvalue weighted by Gasteiger charge is 2.49. The van der Waals surface area contributed by atoms with Crippen LogP contribution in [0, 0.1) is 0 Å². The molecule has 2 unspecified atom stereocenters.